The molecular weight excluding hydrogens is 682 g/mol. The Morgan fingerprint density at radius 1 is 0.943 bits per heavy atom. The summed E-state index contributed by atoms with van der Waals surface area (Å²) < 4.78 is 54.8. The number of rotatable bonds is 10. The molecule has 53 heavy (non-hydrogen) atoms. The number of pyridine rings is 1. The molecule has 0 bridgehead atoms. The summed E-state index contributed by atoms with van der Waals surface area (Å²) in [5, 5.41) is 2.68. The Labute approximate surface area is 312 Å². The SMILES string of the molecule is CC.CCC.CCc1cc(C)cc(/C=N/C2(F)CC2)c1N.Cc1cc(C(CNC=O)c2ccccc2)nc(-c2cc(CF)c(F)cc2F)c1C.NC=O. The van der Waals surface area contributed by atoms with Gasteiger partial charge in [-0.15, -0.1) is 0 Å². The van der Waals surface area contributed by atoms with E-state index in [0.29, 0.717) is 43.3 Å². The van der Waals surface area contributed by atoms with Crippen LogP contribution >= 0.6 is 0 Å². The van der Waals surface area contributed by atoms with Crippen LogP contribution in [0.2, 0.25) is 0 Å². The zero-order valence-electron chi connectivity index (χ0n) is 32.2. The minimum absolute atomic E-state index is 0.0525. The zero-order chi connectivity index (χ0) is 40.1. The van der Waals surface area contributed by atoms with E-state index in [1.54, 1.807) is 13.1 Å². The second-order valence-corrected chi connectivity index (χ2v) is 12.2. The molecule has 1 fully saturated rings. The third-order valence-corrected chi connectivity index (χ3v) is 7.97. The number of carbonyl (C=O) groups excluding carboxylic acids is 2. The number of nitrogens with one attached hydrogen (secondary N) is 1. The van der Waals surface area contributed by atoms with Crippen molar-refractivity contribution in [3.8, 4) is 11.3 Å². The van der Waals surface area contributed by atoms with Gasteiger partial charge < -0.3 is 16.8 Å². The van der Waals surface area contributed by atoms with Crippen LogP contribution in [0.15, 0.2) is 65.7 Å². The molecule has 288 valence electrons. The van der Waals surface area contributed by atoms with Crippen LogP contribution in [-0.4, -0.2) is 36.4 Å². The summed E-state index contributed by atoms with van der Waals surface area (Å²) in [6.45, 7) is 15.3. The number of aromatic nitrogens is 1. The highest BCUT2D eigenvalue weighted by Crippen LogP contribution is 2.41. The fourth-order valence-electron chi connectivity index (χ4n) is 5.04. The Kier molecular flexibility index (Phi) is 20.4. The number of aliphatic imine (C=N–C) groups is 1. The van der Waals surface area contributed by atoms with Crippen LogP contribution in [0.1, 0.15) is 104 Å². The average Bonchev–Trinajstić information content (AvgIpc) is 3.89. The molecule has 4 aromatic rings. The molecule has 0 aliphatic heterocycles. The quantitative estimate of drug-likeness (QED) is 0.0493. The zero-order valence-corrected chi connectivity index (χ0v) is 32.2. The number of halogens is 4. The number of hydrogen-bond donors (Lipinski definition) is 3. The first-order valence-electron chi connectivity index (χ1n) is 17.9. The van der Waals surface area contributed by atoms with E-state index in [2.05, 4.69) is 47.9 Å². The Bertz CT molecular complexity index is 1760. The van der Waals surface area contributed by atoms with Crippen molar-refractivity contribution in [1.29, 1.82) is 0 Å². The molecule has 1 aromatic heterocycles. The van der Waals surface area contributed by atoms with E-state index in [1.165, 1.54) is 12.5 Å². The standard InChI is InChI=1S/C23H21F3N2O.C13H17FN2.C3H8.C2H6.CH3NO/c1-14-8-22(19(12-27-13-29)16-6-4-3-5-7-16)28-23(15(14)2)18-9-17(11-24)20(25)10-21(18)26;1-3-10-6-9(2)7-11(12(10)15)8-16-13(14)4-5-13;1-3-2;1-2;2-1-3/h3-10,13,19H,11-12H2,1-2H3,(H,27,29);6-8H,3-5,15H2,1-2H3;3H2,1-2H3;1-2H3;1H,(H2,2,3)/b;16-8+;;;. The molecule has 7 nitrogen and oxygen atoms in total. The maximum Gasteiger partial charge on any atom is 0.207 e. The lowest BCUT2D eigenvalue weighted by Crippen LogP contribution is -2.22. The summed E-state index contributed by atoms with van der Waals surface area (Å²) in [6, 6.07) is 17.3. The minimum atomic E-state index is -1.30. The molecule has 1 unspecified atom stereocenters. The molecule has 0 spiro atoms. The Morgan fingerprint density at radius 2 is 1.55 bits per heavy atom. The number of primary amides is 1. The van der Waals surface area contributed by atoms with E-state index >= 15 is 0 Å². The highest BCUT2D eigenvalue weighted by Gasteiger charge is 2.42. The molecule has 3 aromatic carbocycles. The van der Waals surface area contributed by atoms with E-state index in [1.807, 2.05) is 70.2 Å². The monoisotopic (exact) mass is 737 g/mol. The highest BCUT2D eigenvalue weighted by molar-refractivity contribution is 5.88. The lowest BCUT2D eigenvalue weighted by molar-refractivity contribution is -0.109. The Balaban J connectivity index is 0.000000490. The average molecular weight is 738 g/mol. The van der Waals surface area contributed by atoms with Gasteiger partial charge in [0.25, 0.3) is 0 Å². The van der Waals surface area contributed by atoms with E-state index in [9.17, 15) is 22.4 Å². The van der Waals surface area contributed by atoms with Crippen LogP contribution in [0.5, 0.6) is 0 Å². The number of nitrogen functional groups attached to an aromatic ring is 1. The van der Waals surface area contributed by atoms with Gasteiger partial charge in [-0.3, -0.25) is 19.6 Å². The third-order valence-electron chi connectivity index (χ3n) is 7.97. The first-order chi connectivity index (χ1) is 25.3. The molecular formula is C42H55F4N5O2. The maximum atomic E-state index is 14.6. The van der Waals surface area contributed by atoms with Gasteiger partial charge in [-0.25, -0.2) is 17.6 Å². The number of nitrogens with zero attached hydrogens (tertiary/aromatic N) is 2. The summed E-state index contributed by atoms with van der Waals surface area (Å²) >= 11 is 0. The lowest BCUT2D eigenvalue weighted by atomic mass is 9.92. The van der Waals surface area contributed by atoms with Crippen molar-refractivity contribution >= 4 is 24.7 Å². The number of hydrogen-bond acceptors (Lipinski definition) is 5. The van der Waals surface area contributed by atoms with Gasteiger partial charge in [-0.05, 0) is 67.6 Å². The predicted molar refractivity (Wildman–Crippen MR) is 209 cm³/mol. The number of aryl methyl sites for hydroxylation is 3. The van der Waals surface area contributed by atoms with E-state index in [0.717, 1.165) is 45.5 Å². The van der Waals surface area contributed by atoms with Gasteiger partial charge >= 0.3 is 0 Å². The fourth-order valence-corrected chi connectivity index (χ4v) is 5.04. The molecule has 5 rings (SSSR count). The van der Waals surface area contributed by atoms with Gasteiger partial charge in [0.15, 0.2) is 5.79 Å². The van der Waals surface area contributed by atoms with Crippen LogP contribution in [0.4, 0.5) is 23.2 Å². The molecule has 11 heteroatoms. The molecule has 1 saturated carbocycles. The Hall–Kier alpha value is -5.06. The summed E-state index contributed by atoms with van der Waals surface area (Å²) in [5.41, 5.74) is 17.3. The molecule has 0 radical (unpaired) electrons. The van der Waals surface area contributed by atoms with Crippen LogP contribution in [0.25, 0.3) is 11.3 Å². The van der Waals surface area contributed by atoms with Crippen molar-refractivity contribution in [1.82, 2.24) is 10.3 Å². The van der Waals surface area contributed by atoms with Crippen molar-refractivity contribution in [3.05, 3.63) is 117 Å². The third kappa shape index (κ3) is 14.1. The first-order valence-corrected chi connectivity index (χ1v) is 17.9. The smallest absolute Gasteiger partial charge is 0.207 e. The molecule has 1 heterocycles. The van der Waals surface area contributed by atoms with Crippen LogP contribution in [0, 0.1) is 32.4 Å². The van der Waals surface area contributed by atoms with Crippen LogP contribution in [0.3, 0.4) is 0 Å². The number of carbonyl (C=O) groups is 2. The summed E-state index contributed by atoms with van der Waals surface area (Å²) in [6.07, 6.45) is 5.65. The van der Waals surface area contributed by atoms with Crippen molar-refractivity contribution in [2.45, 2.75) is 99.5 Å². The van der Waals surface area contributed by atoms with Gasteiger partial charge in [-0.1, -0.05) is 83.0 Å². The number of anilines is 1. The number of nitrogens with two attached hydrogens (primary N) is 2. The van der Waals surface area contributed by atoms with Gasteiger partial charge in [0.05, 0.1) is 11.4 Å². The Morgan fingerprint density at radius 3 is 2.08 bits per heavy atom. The number of amides is 2. The maximum absolute atomic E-state index is 14.6. The summed E-state index contributed by atoms with van der Waals surface area (Å²) in [5.74, 6) is -3.28. The normalized spacial score (nSPS) is 12.6. The van der Waals surface area contributed by atoms with Gasteiger partial charge in [-0.2, -0.15) is 0 Å². The van der Waals surface area contributed by atoms with Crippen molar-refractivity contribution in [3.63, 3.8) is 0 Å². The van der Waals surface area contributed by atoms with E-state index in [-0.39, 0.29) is 23.5 Å². The van der Waals surface area contributed by atoms with Crippen molar-refractivity contribution < 1.29 is 27.2 Å². The van der Waals surface area contributed by atoms with Crippen LogP contribution in [-0.2, 0) is 22.7 Å². The number of benzene rings is 3. The van der Waals surface area contributed by atoms with E-state index in [4.69, 9.17) is 10.5 Å². The minimum Gasteiger partial charge on any atom is -0.398 e. The predicted octanol–water partition coefficient (Wildman–Crippen LogP) is 9.55. The fraction of sp³-hybridized carbons (Fsp3) is 0.381. The van der Waals surface area contributed by atoms with Crippen molar-refractivity contribution in [2.24, 2.45) is 10.7 Å². The van der Waals surface area contributed by atoms with Crippen LogP contribution < -0.4 is 16.8 Å². The van der Waals surface area contributed by atoms with Gasteiger partial charge in [0.2, 0.25) is 12.8 Å². The molecule has 0 saturated heterocycles. The second-order valence-electron chi connectivity index (χ2n) is 12.2. The molecule has 1 atom stereocenters. The highest BCUT2D eigenvalue weighted by atomic mass is 19.2. The summed E-state index contributed by atoms with van der Waals surface area (Å²) in [7, 11) is 0. The largest absolute Gasteiger partial charge is 0.398 e. The lowest BCUT2D eigenvalue weighted by Gasteiger charge is -2.20. The first kappa shape index (κ1) is 46.0. The second kappa shape index (κ2) is 23.5. The topological polar surface area (TPSA) is 123 Å². The number of alkyl halides is 2. The van der Waals surface area contributed by atoms with Crippen molar-refractivity contribution in [2.75, 3.05) is 12.3 Å². The van der Waals surface area contributed by atoms with Gasteiger partial charge in [0, 0.05) is 60.0 Å². The molecule has 1 aliphatic rings. The molecule has 5 N–H and O–H groups in total. The summed E-state index contributed by atoms with van der Waals surface area (Å²) in [4.78, 5) is 28.1. The van der Waals surface area contributed by atoms with E-state index < -0.39 is 24.1 Å². The molecule has 1 aliphatic carbocycles. The molecule has 2 amide bonds. The van der Waals surface area contributed by atoms with Gasteiger partial charge in [0.1, 0.15) is 18.3 Å².